The van der Waals surface area contributed by atoms with Crippen LogP contribution < -0.4 is 0 Å². The molecule has 0 N–H and O–H groups in total. The maximum absolute atomic E-state index is 10.8. The van der Waals surface area contributed by atoms with Crippen LogP contribution in [-0.2, 0) is 10.2 Å². The fraction of sp³-hybridized carbons (Fsp3) is 0.500. The van der Waals surface area contributed by atoms with E-state index in [0.717, 1.165) is 18.3 Å². The standard InChI is InChI=1S/C14H20O/c1-5-11(10-15)12-6-8-13(9-7-12)14(2,3)4/h6-11H,5H2,1-4H3. The third-order valence-corrected chi connectivity index (χ3v) is 2.81. The Kier molecular flexibility index (Phi) is 3.67. The van der Waals surface area contributed by atoms with Gasteiger partial charge in [0.1, 0.15) is 6.29 Å². The van der Waals surface area contributed by atoms with E-state index in [4.69, 9.17) is 0 Å². The van der Waals surface area contributed by atoms with Crippen LogP contribution in [0.3, 0.4) is 0 Å². The third-order valence-electron chi connectivity index (χ3n) is 2.81. The molecule has 0 saturated carbocycles. The first kappa shape index (κ1) is 12.0. The van der Waals surface area contributed by atoms with Gasteiger partial charge in [0.15, 0.2) is 0 Å². The number of carbonyl (C=O) groups excluding carboxylic acids is 1. The van der Waals surface area contributed by atoms with E-state index in [1.54, 1.807) is 0 Å². The minimum Gasteiger partial charge on any atom is -0.303 e. The first-order chi connectivity index (χ1) is 6.99. The maximum atomic E-state index is 10.8. The number of hydrogen-bond donors (Lipinski definition) is 0. The van der Waals surface area contributed by atoms with E-state index in [0.29, 0.717) is 0 Å². The van der Waals surface area contributed by atoms with Gasteiger partial charge in [0, 0.05) is 5.92 Å². The van der Waals surface area contributed by atoms with Crippen molar-refractivity contribution >= 4 is 6.29 Å². The van der Waals surface area contributed by atoms with Crippen LogP contribution in [0.2, 0.25) is 0 Å². The number of rotatable bonds is 3. The SMILES string of the molecule is CCC(C=O)c1ccc(C(C)(C)C)cc1. The third kappa shape index (κ3) is 2.92. The highest BCUT2D eigenvalue weighted by Gasteiger charge is 2.14. The van der Waals surface area contributed by atoms with Crippen molar-refractivity contribution in [2.24, 2.45) is 0 Å². The Morgan fingerprint density at radius 2 is 1.73 bits per heavy atom. The van der Waals surface area contributed by atoms with E-state index in [2.05, 4.69) is 45.0 Å². The summed E-state index contributed by atoms with van der Waals surface area (Å²) < 4.78 is 0. The lowest BCUT2D eigenvalue weighted by Crippen LogP contribution is -2.11. The molecule has 0 saturated heterocycles. The molecule has 0 aliphatic heterocycles. The van der Waals surface area contributed by atoms with Gasteiger partial charge in [-0.25, -0.2) is 0 Å². The summed E-state index contributed by atoms with van der Waals surface area (Å²) >= 11 is 0. The molecule has 15 heavy (non-hydrogen) atoms. The molecule has 82 valence electrons. The smallest absolute Gasteiger partial charge is 0.127 e. The second-order valence-electron chi connectivity index (χ2n) is 5.02. The molecule has 0 aliphatic carbocycles. The molecule has 0 fully saturated rings. The van der Waals surface area contributed by atoms with Crippen molar-refractivity contribution in [3.63, 3.8) is 0 Å². The summed E-state index contributed by atoms with van der Waals surface area (Å²) in [6, 6.07) is 8.40. The van der Waals surface area contributed by atoms with Crippen molar-refractivity contribution < 1.29 is 4.79 Å². The number of carbonyl (C=O) groups is 1. The normalized spacial score (nSPS) is 13.6. The minimum atomic E-state index is 0.0546. The molecule has 1 rings (SSSR count). The average Bonchev–Trinajstić information content (AvgIpc) is 2.19. The molecule has 0 radical (unpaired) electrons. The van der Waals surface area contributed by atoms with E-state index in [9.17, 15) is 4.79 Å². The van der Waals surface area contributed by atoms with Crippen LogP contribution >= 0.6 is 0 Å². The topological polar surface area (TPSA) is 17.1 Å². The molecule has 1 aromatic rings. The number of aldehydes is 1. The van der Waals surface area contributed by atoms with Crippen LogP contribution in [0.15, 0.2) is 24.3 Å². The molecule has 1 aromatic carbocycles. The number of hydrogen-bond acceptors (Lipinski definition) is 1. The zero-order chi connectivity index (χ0) is 11.5. The monoisotopic (exact) mass is 204 g/mol. The van der Waals surface area contributed by atoms with Crippen LogP contribution in [0.1, 0.15) is 51.2 Å². The van der Waals surface area contributed by atoms with Crippen molar-refractivity contribution in [1.29, 1.82) is 0 Å². The van der Waals surface area contributed by atoms with E-state index in [-0.39, 0.29) is 11.3 Å². The van der Waals surface area contributed by atoms with Gasteiger partial charge < -0.3 is 4.79 Å². The summed E-state index contributed by atoms with van der Waals surface area (Å²) in [5.74, 6) is 0.0546. The van der Waals surface area contributed by atoms with E-state index in [1.807, 2.05) is 6.92 Å². The predicted octanol–water partition coefficient (Wildman–Crippen LogP) is 3.68. The van der Waals surface area contributed by atoms with Gasteiger partial charge in [-0.05, 0) is 23.0 Å². The van der Waals surface area contributed by atoms with Crippen molar-refractivity contribution in [3.05, 3.63) is 35.4 Å². The Hall–Kier alpha value is -1.11. The van der Waals surface area contributed by atoms with Crippen LogP contribution in [0, 0.1) is 0 Å². The molecule has 1 nitrogen and oxygen atoms in total. The Bertz CT molecular complexity index is 316. The van der Waals surface area contributed by atoms with Gasteiger partial charge in [-0.15, -0.1) is 0 Å². The van der Waals surface area contributed by atoms with Gasteiger partial charge in [0.05, 0.1) is 0 Å². The van der Waals surface area contributed by atoms with Crippen molar-refractivity contribution in [2.75, 3.05) is 0 Å². The highest BCUT2D eigenvalue weighted by molar-refractivity contribution is 5.62. The molecular weight excluding hydrogens is 184 g/mol. The van der Waals surface area contributed by atoms with Gasteiger partial charge in [-0.3, -0.25) is 0 Å². The Labute approximate surface area is 92.5 Å². The summed E-state index contributed by atoms with van der Waals surface area (Å²) in [5.41, 5.74) is 2.62. The van der Waals surface area contributed by atoms with Gasteiger partial charge in [0.2, 0.25) is 0 Å². The summed E-state index contributed by atoms with van der Waals surface area (Å²) in [4.78, 5) is 10.8. The predicted molar refractivity (Wildman–Crippen MR) is 64.2 cm³/mol. The Morgan fingerprint density at radius 3 is 2.07 bits per heavy atom. The molecule has 1 unspecified atom stereocenters. The van der Waals surface area contributed by atoms with E-state index in [1.165, 1.54) is 5.56 Å². The quantitative estimate of drug-likeness (QED) is 0.686. The second-order valence-corrected chi connectivity index (χ2v) is 5.02. The lowest BCUT2D eigenvalue weighted by Gasteiger charge is -2.19. The molecule has 0 aromatic heterocycles. The summed E-state index contributed by atoms with van der Waals surface area (Å²) in [6.07, 6.45) is 1.91. The zero-order valence-corrected chi connectivity index (χ0v) is 10.1. The average molecular weight is 204 g/mol. The maximum Gasteiger partial charge on any atom is 0.127 e. The van der Waals surface area contributed by atoms with Gasteiger partial charge in [-0.2, -0.15) is 0 Å². The number of benzene rings is 1. The highest BCUT2D eigenvalue weighted by Crippen LogP contribution is 2.24. The molecule has 0 heterocycles. The fourth-order valence-corrected chi connectivity index (χ4v) is 1.64. The summed E-state index contributed by atoms with van der Waals surface area (Å²) in [6.45, 7) is 8.62. The Balaban J connectivity index is 2.94. The van der Waals surface area contributed by atoms with Gasteiger partial charge in [0.25, 0.3) is 0 Å². The van der Waals surface area contributed by atoms with Crippen LogP contribution in [0.4, 0.5) is 0 Å². The molecule has 0 amide bonds. The van der Waals surface area contributed by atoms with E-state index < -0.39 is 0 Å². The first-order valence-corrected chi connectivity index (χ1v) is 5.54. The molecule has 1 atom stereocenters. The van der Waals surface area contributed by atoms with Crippen LogP contribution in [-0.4, -0.2) is 6.29 Å². The molecule has 0 aliphatic rings. The van der Waals surface area contributed by atoms with E-state index >= 15 is 0 Å². The molecule has 1 heteroatoms. The molecule has 0 spiro atoms. The molecular formula is C14H20O. The minimum absolute atomic E-state index is 0.0546. The molecule has 0 bridgehead atoms. The van der Waals surface area contributed by atoms with Crippen LogP contribution in [0.25, 0.3) is 0 Å². The second kappa shape index (κ2) is 4.61. The summed E-state index contributed by atoms with van der Waals surface area (Å²) in [5, 5.41) is 0. The van der Waals surface area contributed by atoms with Crippen LogP contribution in [0.5, 0.6) is 0 Å². The van der Waals surface area contributed by atoms with Crippen molar-refractivity contribution in [2.45, 2.75) is 45.4 Å². The van der Waals surface area contributed by atoms with Gasteiger partial charge >= 0.3 is 0 Å². The lowest BCUT2D eigenvalue weighted by atomic mass is 9.85. The lowest BCUT2D eigenvalue weighted by molar-refractivity contribution is -0.109. The van der Waals surface area contributed by atoms with Gasteiger partial charge in [-0.1, -0.05) is 52.0 Å². The first-order valence-electron chi connectivity index (χ1n) is 5.54. The Morgan fingerprint density at radius 1 is 1.20 bits per heavy atom. The zero-order valence-electron chi connectivity index (χ0n) is 10.1. The van der Waals surface area contributed by atoms with Crippen molar-refractivity contribution in [1.82, 2.24) is 0 Å². The van der Waals surface area contributed by atoms with Crippen molar-refractivity contribution in [3.8, 4) is 0 Å². The fourth-order valence-electron chi connectivity index (χ4n) is 1.64. The highest BCUT2D eigenvalue weighted by atomic mass is 16.1. The summed E-state index contributed by atoms with van der Waals surface area (Å²) in [7, 11) is 0. The largest absolute Gasteiger partial charge is 0.303 e.